The minimum absolute atomic E-state index is 0.0704. The topological polar surface area (TPSA) is 164 Å². The maximum absolute atomic E-state index is 13.9. The summed E-state index contributed by atoms with van der Waals surface area (Å²) in [6.07, 6.45) is 4.54. The number of nitrogens with one attached hydrogen (secondary N) is 3. The molecule has 1 unspecified atom stereocenters. The van der Waals surface area contributed by atoms with Crippen LogP contribution in [-0.4, -0.2) is 71.1 Å². The number of rotatable bonds is 7. The van der Waals surface area contributed by atoms with Crippen LogP contribution < -0.4 is 26.5 Å². The van der Waals surface area contributed by atoms with Gasteiger partial charge >= 0.3 is 5.69 Å². The van der Waals surface area contributed by atoms with Crippen LogP contribution in [0.25, 0.3) is 22.1 Å². The molecule has 0 radical (unpaired) electrons. The fourth-order valence-electron chi connectivity index (χ4n) is 8.69. The van der Waals surface area contributed by atoms with Gasteiger partial charge < -0.3 is 20.4 Å². The third-order valence-electron chi connectivity index (χ3n) is 11.9. The summed E-state index contributed by atoms with van der Waals surface area (Å²) in [4.78, 5) is 65.2. The molecule has 9 rings (SSSR count). The molecule has 3 aliphatic rings. The number of aromatic nitrogens is 6. The van der Waals surface area contributed by atoms with Crippen LogP contribution in [0.15, 0.2) is 65.6 Å². The summed E-state index contributed by atoms with van der Waals surface area (Å²) in [5, 5.41) is 14.7. The fraction of sp³-hybridized carbons (Fsp3) is 0.357. The van der Waals surface area contributed by atoms with E-state index < -0.39 is 11.9 Å². The van der Waals surface area contributed by atoms with Gasteiger partial charge in [0.2, 0.25) is 23.7 Å². The number of carbonyl (C=O) groups is 3. The van der Waals surface area contributed by atoms with Gasteiger partial charge in [0.05, 0.1) is 16.4 Å². The predicted octanol–water partition coefficient (Wildman–Crippen LogP) is 4.90. The lowest BCUT2D eigenvalue weighted by atomic mass is 9.92. The number of nitrogens with zero attached hydrogens (tertiary/aromatic N) is 8. The molecule has 3 amide bonds. The molecule has 3 aromatic carbocycles. The number of carbonyl (C=O) groups excluding carboxylic acids is 3. The van der Waals surface area contributed by atoms with E-state index >= 15 is 0 Å². The fourth-order valence-corrected chi connectivity index (χ4v) is 8.69. The van der Waals surface area contributed by atoms with E-state index in [0.29, 0.717) is 55.5 Å². The summed E-state index contributed by atoms with van der Waals surface area (Å²) in [5.41, 5.74) is 9.27. The zero-order chi connectivity index (χ0) is 39.5. The molecule has 0 spiro atoms. The van der Waals surface area contributed by atoms with Crippen molar-refractivity contribution in [2.24, 2.45) is 20.0 Å². The zero-order valence-corrected chi connectivity index (χ0v) is 32.5. The van der Waals surface area contributed by atoms with Gasteiger partial charge in [-0.2, -0.15) is 10.1 Å². The van der Waals surface area contributed by atoms with Gasteiger partial charge in [-0.25, -0.2) is 14.5 Å². The summed E-state index contributed by atoms with van der Waals surface area (Å²) in [7, 11) is 3.58. The first kappa shape index (κ1) is 36.1. The Kier molecular flexibility index (Phi) is 9.01. The highest BCUT2D eigenvalue weighted by molar-refractivity contribution is 6.00. The molecular formula is C42H45N11O4. The number of hydrogen-bond acceptors (Lipinski definition) is 10. The molecule has 15 nitrogen and oxygen atoms in total. The second kappa shape index (κ2) is 14.2. The van der Waals surface area contributed by atoms with Gasteiger partial charge in [-0.05, 0) is 92.1 Å². The lowest BCUT2D eigenvalue weighted by Crippen LogP contribution is -2.44. The van der Waals surface area contributed by atoms with Gasteiger partial charge in [-0.15, -0.1) is 0 Å². The van der Waals surface area contributed by atoms with Crippen molar-refractivity contribution in [1.82, 2.24) is 39.1 Å². The van der Waals surface area contributed by atoms with Crippen molar-refractivity contribution in [2.75, 3.05) is 35.2 Å². The lowest BCUT2D eigenvalue weighted by Gasteiger charge is -2.37. The predicted molar refractivity (Wildman–Crippen MR) is 218 cm³/mol. The lowest BCUT2D eigenvalue weighted by molar-refractivity contribution is -0.137. The maximum atomic E-state index is 13.9. The highest BCUT2D eigenvalue weighted by Gasteiger charge is 2.33. The molecule has 2 fully saturated rings. The molecule has 57 heavy (non-hydrogen) atoms. The molecule has 0 saturated carbocycles. The Hall–Kier alpha value is -6.51. The number of fused-ring (bicyclic) bond motifs is 3. The molecule has 6 heterocycles. The molecule has 0 bridgehead atoms. The SMILES string of the molecule is Cc1cccc(C)c1Nc1nn(C)c2nc(Nc3ccc4c(c3)CN(C(=O)C3CCN(c5ccc6c(c5)n(C)c(=O)n6C5CCC(=O)NC5=O)CC3)CC4)ncc12. The van der Waals surface area contributed by atoms with Gasteiger partial charge in [-0.1, -0.05) is 24.3 Å². The third-order valence-corrected chi connectivity index (χ3v) is 11.9. The van der Waals surface area contributed by atoms with Crippen LogP contribution in [0.3, 0.4) is 0 Å². The Morgan fingerprint density at radius 1 is 0.860 bits per heavy atom. The highest BCUT2D eigenvalue weighted by atomic mass is 16.2. The number of aryl methyl sites for hydroxylation is 4. The highest BCUT2D eigenvalue weighted by Crippen LogP contribution is 2.33. The average Bonchev–Trinajstić information content (AvgIpc) is 3.65. The third kappa shape index (κ3) is 6.55. The van der Waals surface area contributed by atoms with E-state index in [0.717, 1.165) is 63.9 Å². The largest absolute Gasteiger partial charge is 0.371 e. The standard InChI is InChI=1S/C42H45N11O4/c1-24-6-5-7-25(2)36(24)46-37-31-22-43-41(47-38(31)50(4)48-37)44-29-9-8-26-14-19-52(23-28(26)20-29)40(56)27-15-17-51(18-16-27)30-10-11-32-34(21-30)49(3)42(57)53(32)33-12-13-35(54)45-39(33)55/h5-11,20-22,27,33H,12-19,23H2,1-4H3,(H,46,48)(H,43,44,47)(H,45,54,55). The monoisotopic (exact) mass is 767 g/mol. The maximum Gasteiger partial charge on any atom is 0.329 e. The summed E-state index contributed by atoms with van der Waals surface area (Å²) in [6, 6.07) is 17.6. The molecule has 3 aromatic heterocycles. The first-order valence-corrected chi connectivity index (χ1v) is 19.5. The van der Waals surface area contributed by atoms with E-state index in [1.54, 1.807) is 22.5 Å². The minimum Gasteiger partial charge on any atom is -0.371 e. The number of para-hydroxylation sites is 1. The van der Waals surface area contributed by atoms with Crippen molar-refractivity contribution < 1.29 is 14.4 Å². The summed E-state index contributed by atoms with van der Waals surface area (Å²) >= 11 is 0. The first-order valence-electron chi connectivity index (χ1n) is 19.5. The number of hydrogen-bond donors (Lipinski definition) is 3. The van der Waals surface area contributed by atoms with Gasteiger partial charge in [0.1, 0.15) is 6.04 Å². The van der Waals surface area contributed by atoms with Crippen LogP contribution in [-0.2, 0) is 41.4 Å². The van der Waals surface area contributed by atoms with Crippen LogP contribution in [0.4, 0.5) is 28.8 Å². The van der Waals surface area contributed by atoms with Crippen LogP contribution in [0.5, 0.6) is 0 Å². The van der Waals surface area contributed by atoms with Crippen molar-refractivity contribution in [2.45, 2.75) is 58.5 Å². The van der Waals surface area contributed by atoms with Gasteiger partial charge in [0.15, 0.2) is 11.5 Å². The number of anilines is 5. The van der Waals surface area contributed by atoms with Crippen molar-refractivity contribution in [3.05, 3.63) is 93.5 Å². The van der Waals surface area contributed by atoms with E-state index in [1.807, 2.05) is 42.3 Å². The number of amides is 3. The molecule has 3 N–H and O–H groups in total. The van der Waals surface area contributed by atoms with Crippen LogP contribution in [0.1, 0.15) is 54.0 Å². The number of imidazole rings is 1. The van der Waals surface area contributed by atoms with Crippen molar-refractivity contribution >= 4 is 68.6 Å². The number of imide groups is 1. The van der Waals surface area contributed by atoms with Gasteiger partial charge in [0.25, 0.3) is 0 Å². The Balaban J connectivity index is 0.845. The summed E-state index contributed by atoms with van der Waals surface area (Å²) in [6.45, 7) is 6.81. The second-order valence-electron chi connectivity index (χ2n) is 15.5. The van der Waals surface area contributed by atoms with Crippen LogP contribution >= 0.6 is 0 Å². The Morgan fingerprint density at radius 3 is 2.42 bits per heavy atom. The summed E-state index contributed by atoms with van der Waals surface area (Å²) < 4.78 is 4.81. The van der Waals surface area contributed by atoms with Crippen molar-refractivity contribution in [3.63, 3.8) is 0 Å². The normalized spacial score (nSPS) is 17.6. The van der Waals surface area contributed by atoms with Gasteiger partial charge in [-0.3, -0.25) is 28.8 Å². The molecule has 2 saturated heterocycles. The minimum atomic E-state index is -0.723. The first-order chi connectivity index (χ1) is 27.5. The van der Waals surface area contributed by atoms with E-state index in [-0.39, 0.29) is 29.8 Å². The van der Waals surface area contributed by atoms with Crippen LogP contribution in [0.2, 0.25) is 0 Å². The van der Waals surface area contributed by atoms with E-state index in [4.69, 9.17) is 10.1 Å². The molecule has 1 atom stereocenters. The second-order valence-corrected chi connectivity index (χ2v) is 15.5. The van der Waals surface area contributed by atoms with Crippen molar-refractivity contribution in [3.8, 4) is 0 Å². The molecule has 3 aliphatic heterocycles. The Morgan fingerprint density at radius 2 is 1.65 bits per heavy atom. The smallest absolute Gasteiger partial charge is 0.329 e. The number of piperidine rings is 2. The molecular weight excluding hydrogens is 723 g/mol. The molecule has 292 valence electrons. The molecule has 0 aliphatic carbocycles. The van der Waals surface area contributed by atoms with E-state index in [2.05, 4.69) is 63.9 Å². The van der Waals surface area contributed by atoms with Crippen molar-refractivity contribution in [1.29, 1.82) is 0 Å². The van der Waals surface area contributed by atoms with Gasteiger partial charge in [0, 0.05) is 75.9 Å². The van der Waals surface area contributed by atoms with E-state index in [9.17, 15) is 19.2 Å². The van der Waals surface area contributed by atoms with E-state index in [1.165, 1.54) is 10.1 Å². The van der Waals surface area contributed by atoms with Crippen LogP contribution in [0, 0.1) is 19.8 Å². The zero-order valence-electron chi connectivity index (χ0n) is 32.5. The molecule has 15 heteroatoms. The average molecular weight is 768 g/mol. The Bertz CT molecular complexity index is 2650. The number of benzene rings is 3. The quantitative estimate of drug-likeness (QED) is 0.191. The molecule has 6 aromatic rings. The Labute approximate surface area is 328 Å². The summed E-state index contributed by atoms with van der Waals surface area (Å²) in [5.74, 6) is 0.523.